The number of nitrogens with one attached hydrogen (secondary N) is 2. The summed E-state index contributed by atoms with van der Waals surface area (Å²) < 4.78 is 13.7. The average molecular weight is 348 g/mol. The number of hydrogen-bond donors (Lipinski definition) is 2. The molecular weight excluding hydrogens is 323 g/mol. The Kier molecular flexibility index (Phi) is 6.73. The Balaban J connectivity index is 1.86. The summed E-state index contributed by atoms with van der Waals surface area (Å²) >= 11 is 1.70. The average Bonchev–Trinajstić information content (AvgIpc) is 3.04. The maximum atomic E-state index is 13.7. The van der Waals surface area contributed by atoms with Gasteiger partial charge >= 0.3 is 0 Å². The van der Waals surface area contributed by atoms with Gasteiger partial charge in [0.1, 0.15) is 5.82 Å². The van der Waals surface area contributed by atoms with E-state index in [-0.39, 0.29) is 11.9 Å². The number of guanidine groups is 1. The van der Waals surface area contributed by atoms with Crippen LogP contribution in [0.2, 0.25) is 0 Å². The third-order valence-electron chi connectivity index (χ3n) is 3.85. The minimum Gasteiger partial charge on any atom is -0.356 e. The summed E-state index contributed by atoms with van der Waals surface area (Å²) in [5, 5.41) is 9.84. The van der Waals surface area contributed by atoms with Crippen LogP contribution in [0.5, 0.6) is 0 Å². The highest BCUT2D eigenvalue weighted by molar-refractivity contribution is 7.09. The fourth-order valence-corrected chi connectivity index (χ4v) is 3.08. The van der Waals surface area contributed by atoms with Gasteiger partial charge in [0, 0.05) is 25.4 Å². The lowest BCUT2D eigenvalue weighted by atomic mass is 10.1. The Labute approximate surface area is 147 Å². The van der Waals surface area contributed by atoms with Crippen molar-refractivity contribution in [2.75, 3.05) is 13.6 Å². The molecule has 0 bridgehead atoms. The van der Waals surface area contributed by atoms with Crippen LogP contribution in [0.25, 0.3) is 0 Å². The molecule has 0 radical (unpaired) electrons. The van der Waals surface area contributed by atoms with Crippen LogP contribution in [0, 0.1) is 12.7 Å². The van der Waals surface area contributed by atoms with E-state index in [0.717, 1.165) is 30.6 Å². The van der Waals surface area contributed by atoms with E-state index in [1.807, 2.05) is 13.0 Å². The van der Waals surface area contributed by atoms with Crippen LogP contribution < -0.4 is 10.6 Å². The number of aliphatic imine (C=N–C) groups is 1. The zero-order valence-electron chi connectivity index (χ0n) is 14.7. The molecule has 1 aromatic heterocycles. The molecule has 2 rings (SSSR count). The highest BCUT2D eigenvalue weighted by Gasteiger charge is 2.10. The summed E-state index contributed by atoms with van der Waals surface area (Å²) in [6.07, 6.45) is 1.83. The SMILES string of the molecule is CCc1nc(CCNC(=NC)NC(C)c2ccc(C)c(F)c2)cs1. The maximum absolute atomic E-state index is 13.7. The first-order valence-electron chi connectivity index (χ1n) is 8.20. The van der Waals surface area contributed by atoms with E-state index in [0.29, 0.717) is 11.5 Å². The summed E-state index contributed by atoms with van der Waals surface area (Å²) in [7, 11) is 1.73. The van der Waals surface area contributed by atoms with Crippen LogP contribution in [0.4, 0.5) is 4.39 Å². The van der Waals surface area contributed by atoms with E-state index in [2.05, 4.69) is 32.9 Å². The van der Waals surface area contributed by atoms with E-state index in [1.165, 1.54) is 5.01 Å². The monoisotopic (exact) mass is 348 g/mol. The van der Waals surface area contributed by atoms with Crippen molar-refractivity contribution in [3.05, 3.63) is 51.2 Å². The molecule has 4 nitrogen and oxygen atoms in total. The lowest BCUT2D eigenvalue weighted by molar-refractivity contribution is 0.607. The van der Waals surface area contributed by atoms with Crippen molar-refractivity contribution in [2.24, 2.45) is 4.99 Å². The van der Waals surface area contributed by atoms with Crippen LogP contribution in [0.1, 0.15) is 41.7 Å². The standard InChI is InChI=1S/C18H25FN4S/c1-5-17-23-15(11-24-17)8-9-21-18(20-4)22-13(3)14-7-6-12(2)16(19)10-14/h6-7,10-11,13H,5,8-9H2,1-4H3,(H2,20,21,22). The number of rotatable bonds is 6. The highest BCUT2D eigenvalue weighted by Crippen LogP contribution is 2.16. The molecular formula is C18H25FN4S. The number of halogens is 1. The second-order valence-electron chi connectivity index (χ2n) is 5.71. The number of aryl methyl sites for hydroxylation is 2. The normalized spacial score (nSPS) is 13.0. The summed E-state index contributed by atoms with van der Waals surface area (Å²) in [6, 6.07) is 5.27. The molecule has 0 amide bonds. The Morgan fingerprint density at radius 1 is 1.42 bits per heavy atom. The van der Waals surface area contributed by atoms with Crippen LogP contribution >= 0.6 is 11.3 Å². The van der Waals surface area contributed by atoms with Gasteiger partial charge in [-0.3, -0.25) is 4.99 Å². The molecule has 1 unspecified atom stereocenters. The summed E-state index contributed by atoms with van der Waals surface area (Å²) in [4.78, 5) is 8.78. The third kappa shape index (κ3) is 5.03. The van der Waals surface area contributed by atoms with Gasteiger partial charge in [0.25, 0.3) is 0 Å². The first-order valence-corrected chi connectivity index (χ1v) is 9.08. The van der Waals surface area contributed by atoms with Gasteiger partial charge in [-0.25, -0.2) is 9.37 Å². The Morgan fingerprint density at radius 3 is 2.83 bits per heavy atom. The minimum atomic E-state index is -0.181. The second kappa shape index (κ2) is 8.78. The minimum absolute atomic E-state index is 0.0303. The number of hydrogen-bond acceptors (Lipinski definition) is 3. The zero-order valence-corrected chi connectivity index (χ0v) is 15.5. The lowest BCUT2D eigenvalue weighted by Gasteiger charge is -2.18. The van der Waals surface area contributed by atoms with Gasteiger partial charge in [0.15, 0.2) is 5.96 Å². The first-order chi connectivity index (χ1) is 11.5. The van der Waals surface area contributed by atoms with E-state index in [1.54, 1.807) is 37.4 Å². The lowest BCUT2D eigenvalue weighted by Crippen LogP contribution is -2.39. The molecule has 2 aromatic rings. The van der Waals surface area contributed by atoms with Crippen molar-refractivity contribution < 1.29 is 4.39 Å². The molecule has 6 heteroatoms. The molecule has 0 aliphatic rings. The van der Waals surface area contributed by atoms with E-state index in [9.17, 15) is 4.39 Å². The van der Waals surface area contributed by atoms with Gasteiger partial charge in [-0.15, -0.1) is 11.3 Å². The highest BCUT2D eigenvalue weighted by atomic mass is 32.1. The van der Waals surface area contributed by atoms with Crippen LogP contribution in [0.15, 0.2) is 28.6 Å². The number of thiazole rings is 1. The molecule has 0 spiro atoms. The Morgan fingerprint density at radius 2 is 2.21 bits per heavy atom. The van der Waals surface area contributed by atoms with Crippen molar-refractivity contribution in [1.29, 1.82) is 0 Å². The fourth-order valence-electron chi connectivity index (χ4n) is 2.30. The quantitative estimate of drug-likeness (QED) is 0.619. The molecule has 0 saturated carbocycles. The van der Waals surface area contributed by atoms with Crippen molar-refractivity contribution >= 4 is 17.3 Å². The molecule has 1 atom stereocenters. The van der Waals surface area contributed by atoms with Gasteiger partial charge in [0.05, 0.1) is 16.7 Å². The van der Waals surface area contributed by atoms with E-state index in [4.69, 9.17) is 0 Å². The van der Waals surface area contributed by atoms with Gasteiger partial charge < -0.3 is 10.6 Å². The van der Waals surface area contributed by atoms with Gasteiger partial charge in [-0.05, 0) is 37.5 Å². The largest absolute Gasteiger partial charge is 0.356 e. The predicted molar refractivity (Wildman–Crippen MR) is 99.2 cm³/mol. The predicted octanol–water partition coefficient (Wildman–Crippen LogP) is 3.62. The molecule has 0 saturated heterocycles. The summed E-state index contributed by atoms with van der Waals surface area (Å²) in [5.41, 5.74) is 2.66. The van der Waals surface area contributed by atoms with Crippen molar-refractivity contribution in [2.45, 2.75) is 39.7 Å². The van der Waals surface area contributed by atoms with Crippen LogP contribution in [-0.4, -0.2) is 24.5 Å². The molecule has 0 fully saturated rings. The molecule has 2 N–H and O–H groups in total. The van der Waals surface area contributed by atoms with Crippen molar-refractivity contribution in [1.82, 2.24) is 15.6 Å². The van der Waals surface area contributed by atoms with Crippen LogP contribution in [-0.2, 0) is 12.8 Å². The number of aromatic nitrogens is 1. The summed E-state index contributed by atoms with van der Waals surface area (Å²) in [6.45, 7) is 6.62. The molecule has 24 heavy (non-hydrogen) atoms. The Hall–Kier alpha value is -1.95. The molecule has 1 aromatic carbocycles. The third-order valence-corrected chi connectivity index (χ3v) is 4.89. The smallest absolute Gasteiger partial charge is 0.191 e. The van der Waals surface area contributed by atoms with Crippen molar-refractivity contribution in [3.8, 4) is 0 Å². The van der Waals surface area contributed by atoms with E-state index < -0.39 is 0 Å². The first kappa shape index (κ1) is 18.4. The van der Waals surface area contributed by atoms with Gasteiger partial charge in [0.2, 0.25) is 0 Å². The van der Waals surface area contributed by atoms with Gasteiger partial charge in [-0.2, -0.15) is 0 Å². The van der Waals surface area contributed by atoms with Crippen LogP contribution in [0.3, 0.4) is 0 Å². The maximum Gasteiger partial charge on any atom is 0.191 e. The molecule has 130 valence electrons. The topological polar surface area (TPSA) is 49.3 Å². The molecule has 0 aliphatic heterocycles. The number of benzene rings is 1. The van der Waals surface area contributed by atoms with Crippen molar-refractivity contribution in [3.63, 3.8) is 0 Å². The van der Waals surface area contributed by atoms with E-state index >= 15 is 0 Å². The molecule has 0 aliphatic carbocycles. The molecule has 1 heterocycles. The Bertz CT molecular complexity index is 696. The van der Waals surface area contributed by atoms with Gasteiger partial charge in [-0.1, -0.05) is 19.1 Å². The summed E-state index contributed by atoms with van der Waals surface area (Å²) in [5.74, 6) is 0.522. The zero-order chi connectivity index (χ0) is 17.5. The fraction of sp³-hybridized carbons (Fsp3) is 0.444. The second-order valence-corrected chi connectivity index (χ2v) is 6.65. The number of nitrogens with zero attached hydrogens (tertiary/aromatic N) is 2.